The summed E-state index contributed by atoms with van der Waals surface area (Å²) in [7, 11) is 0. The Bertz CT molecular complexity index is 1160. The van der Waals surface area contributed by atoms with Crippen LogP contribution in [0, 0.1) is 0 Å². The van der Waals surface area contributed by atoms with Gasteiger partial charge in [0.1, 0.15) is 5.75 Å². The van der Waals surface area contributed by atoms with Crippen LogP contribution in [-0.2, 0) is 11.3 Å². The molecule has 0 atom stereocenters. The number of carbonyl (C=O) groups excluding carboxylic acids is 1. The molecule has 7 heteroatoms. The third kappa shape index (κ3) is 5.36. The first kappa shape index (κ1) is 21.6. The molecule has 4 aromatic rings. The fourth-order valence-corrected chi connectivity index (χ4v) is 4.02. The van der Waals surface area contributed by atoms with Crippen LogP contribution < -0.4 is 10.1 Å². The van der Waals surface area contributed by atoms with Crippen molar-refractivity contribution in [2.24, 2.45) is 0 Å². The van der Waals surface area contributed by atoms with E-state index in [-0.39, 0.29) is 11.7 Å². The third-order valence-electron chi connectivity index (χ3n) is 4.71. The molecule has 0 unspecified atom stereocenters. The minimum Gasteiger partial charge on any atom is -0.494 e. The highest BCUT2D eigenvalue weighted by atomic mass is 32.2. The average Bonchev–Trinajstić information content (AvgIpc) is 3.27. The number of amides is 1. The molecule has 32 heavy (non-hydrogen) atoms. The fourth-order valence-electron chi connectivity index (χ4n) is 3.24. The van der Waals surface area contributed by atoms with Gasteiger partial charge in [-0.2, -0.15) is 0 Å². The molecule has 0 spiro atoms. The zero-order valence-electron chi connectivity index (χ0n) is 17.8. The van der Waals surface area contributed by atoms with Crippen molar-refractivity contribution < 1.29 is 9.53 Å². The molecular weight excluding hydrogens is 420 g/mol. The number of hydrogen-bond acceptors (Lipinski definition) is 5. The summed E-state index contributed by atoms with van der Waals surface area (Å²) in [4.78, 5) is 12.5. The number of para-hydroxylation sites is 1. The van der Waals surface area contributed by atoms with Crippen LogP contribution in [0.5, 0.6) is 5.75 Å². The van der Waals surface area contributed by atoms with Gasteiger partial charge in [0.05, 0.1) is 12.4 Å². The highest BCUT2D eigenvalue weighted by Crippen LogP contribution is 2.27. The first-order valence-corrected chi connectivity index (χ1v) is 11.4. The van der Waals surface area contributed by atoms with Crippen LogP contribution in [0.4, 0.5) is 0 Å². The van der Waals surface area contributed by atoms with Crippen molar-refractivity contribution in [2.75, 3.05) is 12.4 Å². The van der Waals surface area contributed by atoms with E-state index in [2.05, 4.69) is 15.5 Å². The Hall–Kier alpha value is -3.58. The molecule has 0 radical (unpaired) electrons. The molecule has 1 N–H and O–H groups in total. The summed E-state index contributed by atoms with van der Waals surface area (Å²) >= 11 is 1.36. The zero-order chi connectivity index (χ0) is 22.2. The van der Waals surface area contributed by atoms with Gasteiger partial charge in [-0.1, -0.05) is 72.4 Å². The molecule has 0 aliphatic carbocycles. The number of nitrogens with one attached hydrogen (secondary N) is 1. The number of benzene rings is 3. The summed E-state index contributed by atoms with van der Waals surface area (Å²) in [6, 6.07) is 27.6. The number of rotatable bonds is 9. The van der Waals surface area contributed by atoms with Gasteiger partial charge in [-0.25, -0.2) is 0 Å². The third-order valence-corrected chi connectivity index (χ3v) is 5.64. The summed E-state index contributed by atoms with van der Waals surface area (Å²) in [5.41, 5.74) is 2.91. The molecule has 0 bridgehead atoms. The number of thioether (sulfide) groups is 1. The second-order valence-electron chi connectivity index (χ2n) is 6.99. The minimum absolute atomic E-state index is 0.0688. The molecular formula is C25H24N4O2S. The van der Waals surface area contributed by atoms with E-state index in [9.17, 15) is 4.79 Å². The van der Waals surface area contributed by atoms with E-state index in [1.165, 1.54) is 11.8 Å². The van der Waals surface area contributed by atoms with Crippen LogP contribution in [0.1, 0.15) is 12.5 Å². The van der Waals surface area contributed by atoms with Crippen LogP contribution in [0.3, 0.4) is 0 Å². The van der Waals surface area contributed by atoms with Crippen molar-refractivity contribution >= 4 is 17.7 Å². The van der Waals surface area contributed by atoms with Gasteiger partial charge in [-0.3, -0.25) is 9.36 Å². The fraction of sp³-hybridized carbons (Fsp3) is 0.160. The van der Waals surface area contributed by atoms with Gasteiger partial charge in [0.25, 0.3) is 0 Å². The lowest BCUT2D eigenvalue weighted by atomic mass is 10.2. The molecule has 6 nitrogen and oxygen atoms in total. The maximum absolute atomic E-state index is 12.5. The van der Waals surface area contributed by atoms with Crippen LogP contribution in [-0.4, -0.2) is 33.0 Å². The van der Waals surface area contributed by atoms with Gasteiger partial charge >= 0.3 is 0 Å². The minimum atomic E-state index is -0.0688. The smallest absolute Gasteiger partial charge is 0.230 e. The molecule has 1 amide bonds. The van der Waals surface area contributed by atoms with Crippen LogP contribution >= 0.6 is 11.8 Å². The monoisotopic (exact) mass is 444 g/mol. The highest BCUT2D eigenvalue weighted by molar-refractivity contribution is 7.99. The Morgan fingerprint density at radius 2 is 1.72 bits per heavy atom. The lowest BCUT2D eigenvalue weighted by molar-refractivity contribution is -0.118. The van der Waals surface area contributed by atoms with Gasteiger partial charge in [0, 0.05) is 17.8 Å². The van der Waals surface area contributed by atoms with E-state index in [1.54, 1.807) is 0 Å². The molecule has 0 fully saturated rings. The maximum atomic E-state index is 12.5. The van der Waals surface area contributed by atoms with Crippen molar-refractivity contribution in [3.8, 4) is 22.8 Å². The van der Waals surface area contributed by atoms with E-state index in [1.807, 2.05) is 96.4 Å². The van der Waals surface area contributed by atoms with E-state index in [0.29, 0.717) is 18.3 Å². The van der Waals surface area contributed by atoms with Crippen molar-refractivity contribution in [2.45, 2.75) is 18.6 Å². The predicted octanol–water partition coefficient (Wildman–Crippen LogP) is 4.74. The maximum Gasteiger partial charge on any atom is 0.230 e. The molecule has 0 saturated carbocycles. The largest absolute Gasteiger partial charge is 0.494 e. The highest BCUT2D eigenvalue weighted by Gasteiger charge is 2.17. The Labute approximate surface area is 191 Å². The van der Waals surface area contributed by atoms with E-state index in [0.717, 1.165) is 28.4 Å². The van der Waals surface area contributed by atoms with Crippen LogP contribution in [0.25, 0.3) is 17.1 Å². The lowest BCUT2D eigenvalue weighted by Gasteiger charge is -2.11. The Morgan fingerprint density at radius 3 is 2.47 bits per heavy atom. The summed E-state index contributed by atoms with van der Waals surface area (Å²) in [5, 5.41) is 12.4. The SMILES string of the molecule is CCOc1cccc(CNC(=O)CSc2nnc(-c3ccccc3)n2-c2ccccc2)c1. The van der Waals surface area contributed by atoms with Crippen molar-refractivity contribution in [1.29, 1.82) is 0 Å². The van der Waals surface area contributed by atoms with Crippen LogP contribution in [0.2, 0.25) is 0 Å². The molecule has 4 rings (SSSR count). The van der Waals surface area contributed by atoms with E-state index >= 15 is 0 Å². The number of hydrogen-bond donors (Lipinski definition) is 1. The second-order valence-corrected chi connectivity index (χ2v) is 7.93. The number of nitrogens with zero attached hydrogens (tertiary/aromatic N) is 3. The Balaban J connectivity index is 1.46. The standard InChI is InChI=1S/C25H24N4O2S/c1-2-31-22-15-9-10-19(16-22)17-26-23(30)18-32-25-28-27-24(20-11-5-3-6-12-20)29(25)21-13-7-4-8-14-21/h3-16H,2,17-18H2,1H3,(H,26,30). The van der Waals surface area contributed by atoms with Gasteiger partial charge in [-0.05, 0) is 36.8 Å². The summed E-state index contributed by atoms with van der Waals surface area (Å²) in [6.07, 6.45) is 0. The molecule has 3 aromatic carbocycles. The number of ether oxygens (including phenoxy) is 1. The molecule has 1 aromatic heterocycles. The average molecular weight is 445 g/mol. The van der Waals surface area contributed by atoms with Gasteiger partial charge < -0.3 is 10.1 Å². The first-order chi connectivity index (χ1) is 15.7. The quantitative estimate of drug-likeness (QED) is 0.378. The van der Waals surface area contributed by atoms with Gasteiger partial charge in [0.15, 0.2) is 11.0 Å². The topological polar surface area (TPSA) is 69.0 Å². The van der Waals surface area contributed by atoms with E-state index < -0.39 is 0 Å². The Kier molecular flexibility index (Phi) is 7.19. The Morgan fingerprint density at radius 1 is 0.969 bits per heavy atom. The van der Waals surface area contributed by atoms with Crippen LogP contribution in [0.15, 0.2) is 90.1 Å². The van der Waals surface area contributed by atoms with Crippen molar-refractivity contribution in [3.05, 3.63) is 90.5 Å². The predicted molar refractivity (Wildman–Crippen MR) is 127 cm³/mol. The lowest BCUT2D eigenvalue weighted by Crippen LogP contribution is -2.24. The molecule has 0 aliphatic heterocycles. The van der Waals surface area contributed by atoms with Gasteiger partial charge in [0.2, 0.25) is 5.91 Å². The number of aromatic nitrogens is 3. The molecule has 1 heterocycles. The molecule has 162 valence electrons. The van der Waals surface area contributed by atoms with Crippen molar-refractivity contribution in [3.63, 3.8) is 0 Å². The zero-order valence-corrected chi connectivity index (χ0v) is 18.6. The van der Waals surface area contributed by atoms with Crippen molar-refractivity contribution in [1.82, 2.24) is 20.1 Å². The molecule has 0 aliphatic rings. The molecule has 0 saturated heterocycles. The second kappa shape index (κ2) is 10.6. The number of carbonyl (C=O) groups is 1. The first-order valence-electron chi connectivity index (χ1n) is 10.4. The summed E-state index contributed by atoms with van der Waals surface area (Å²) in [5.74, 6) is 1.72. The summed E-state index contributed by atoms with van der Waals surface area (Å²) in [6.45, 7) is 3.00. The normalized spacial score (nSPS) is 10.7. The van der Waals surface area contributed by atoms with Gasteiger partial charge in [-0.15, -0.1) is 10.2 Å². The summed E-state index contributed by atoms with van der Waals surface area (Å²) < 4.78 is 7.50. The van der Waals surface area contributed by atoms with E-state index in [4.69, 9.17) is 4.74 Å².